The van der Waals surface area contributed by atoms with Gasteiger partial charge < -0.3 is 15.4 Å². The van der Waals surface area contributed by atoms with Gasteiger partial charge in [0.05, 0.1) is 12.8 Å². The Morgan fingerprint density at radius 2 is 2.24 bits per heavy atom. The first-order chi connectivity index (χ1) is 9.92. The van der Waals surface area contributed by atoms with E-state index >= 15 is 0 Å². The van der Waals surface area contributed by atoms with Gasteiger partial charge in [-0.15, -0.1) is 11.3 Å². The fourth-order valence-electron chi connectivity index (χ4n) is 1.75. The van der Waals surface area contributed by atoms with Crippen LogP contribution in [0.4, 0.5) is 5.69 Å². The largest absolute Gasteiger partial charge is 0.465 e. The van der Waals surface area contributed by atoms with Crippen LogP contribution in [0.2, 0.25) is 0 Å². The van der Waals surface area contributed by atoms with E-state index in [2.05, 4.69) is 15.4 Å². The minimum Gasteiger partial charge on any atom is -0.465 e. The predicted octanol–water partition coefficient (Wildman–Crippen LogP) is 1.34. The quantitative estimate of drug-likeness (QED) is 0.723. The molecule has 2 heterocycles. The zero-order valence-electron chi connectivity index (χ0n) is 11.3. The van der Waals surface area contributed by atoms with Gasteiger partial charge in [-0.1, -0.05) is 11.8 Å². The first-order valence-electron chi connectivity index (χ1n) is 5.94. The van der Waals surface area contributed by atoms with Crippen molar-refractivity contribution in [1.29, 1.82) is 5.41 Å². The number of ether oxygens (including phenoxy) is 1. The van der Waals surface area contributed by atoms with E-state index in [9.17, 15) is 14.4 Å². The lowest BCUT2D eigenvalue weighted by Crippen LogP contribution is -2.28. The lowest BCUT2D eigenvalue weighted by Gasteiger charge is -2.09. The van der Waals surface area contributed by atoms with Crippen LogP contribution in [0.5, 0.6) is 0 Å². The monoisotopic (exact) mass is 327 g/mol. The summed E-state index contributed by atoms with van der Waals surface area (Å²) in [5.41, 5.74) is 1.17. The predicted molar refractivity (Wildman–Crippen MR) is 80.9 cm³/mol. The molecule has 1 aromatic rings. The van der Waals surface area contributed by atoms with Crippen molar-refractivity contribution in [2.24, 2.45) is 0 Å². The summed E-state index contributed by atoms with van der Waals surface area (Å²) in [6.45, 7) is 1.77. The van der Waals surface area contributed by atoms with Crippen LogP contribution < -0.4 is 10.6 Å². The van der Waals surface area contributed by atoms with Gasteiger partial charge in [0.15, 0.2) is 5.17 Å². The number of methoxy groups -OCH3 is 1. The third-order valence-corrected chi connectivity index (χ3v) is 4.85. The summed E-state index contributed by atoms with van der Waals surface area (Å²) in [6.07, 6.45) is -0.0607. The summed E-state index contributed by atoms with van der Waals surface area (Å²) in [7, 11) is 1.27. The number of anilines is 1. The summed E-state index contributed by atoms with van der Waals surface area (Å²) >= 11 is 2.19. The lowest BCUT2D eigenvalue weighted by molar-refractivity contribution is -0.122. The Hall–Kier alpha value is -1.87. The lowest BCUT2D eigenvalue weighted by atomic mass is 10.2. The Morgan fingerprint density at radius 3 is 2.81 bits per heavy atom. The van der Waals surface area contributed by atoms with E-state index in [1.807, 2.05) is 0 Å². The third-order valence-electron chi connectivity index (χ3n) is 2.77. The standard InChI is InChI=1S/C12H13N3O4S2/c1-5-4-20-9(11(18)19-2)8(5)14-7(16)3-6-10(17)15-12(13)21-6/h4,6H,3H2,1-2H3,(H,14,16)(H2,13,15,17). The molecular weight excluding hydrogens is 314 g/mol. The molecule has 1 aliphatic heterocycles. The second-order valence-corrected chi connectivity index (χ2v) is 6.38. The maximum Gasteiger partial charge on any atom is 0.350 e. The number of esters is 1. The van der Waals surface area contributed by atoms with Gasteiger partial charge in [0.25, 0.3) is 0 Å². The molecule has 1 aromatic heterocycles. The van der Waals surface area contributed by atoms with Crippen molar-refractivity contribution in [3.63, 3.8) is 0 Å². The number of amides is 2. The van der Waals surface area contributed by atoms with E-state index < -0.39 is 11.2 Å². The number of rotatable bonds is 4. The van der Waals surface area contributed by atoms with E-state index in [-0.39, 0.29) is 23.4 Å². The SMILES string of the molecule is COC(=O)c1scc(C)c1NC(=O)CC1SC(=N)NC1=O. The molecule has 1 saturated heterocycles. The summed E-state index contributed by atoms with van der Waals surface area (Å²) in [5, 5.41) is 13.5. The highest BCUT2D eigenvalue weighted by molar-refractivity contribution is 8.15. The summed E-state index contributed by atoms with van der Waals surface area (Å²) in [4.78, 5) is 35.4. The van der Waals surface area contributed by atoms with Crippen LogP contribution in [-0.2, 0) is 14.3 Å². The molecule has 0 bridgehead atoms. The molecule has 1 fully saturated rings. The zero-order chi connectivity index (χ0) is 15.6. The van der Waals surface area contributed by atoms with E-state index in [4.69, 9.17) is 5.41 Å². The Labute approximate surface area is 128 Å². The first-order valence-corrected chi connectivity index (χ1v) is 7.70. The molecule has 7 nitrogen and oxygen atoms in total. The number of amidine groups is 1. The Bertz CT molecular complexity index is 626. The van der Waals surface area contributed by atoms with Gasteiger partial charge in [-0.05, 0) is 17.9 Å². The van der Waals surface area contributed by atoms with Crippen LogP contribution >= 0.6 is 23.1 Å². The molecule has 3 N–H and O–H groups in total. The molecule has 112 valence electrons. The van der Waals surface area contributed by atoms with Crippen LogP contribution in [-0.4, -0.2) is 35.3 Å². The second-order valence-electron chi connectivity index (χ2n) is 4.29. The Morgan fingerprint density at radius 1 is 1.52 bits per heavy atom. The van der Waals surface area contributed by atoms with Crippen molar-refractivity contribution in [2.45, 2.75) is 18.6 Å². The summed E-state index contributed by atoms with van der Waals surface area (Å²) in [5.74, 6) is -1.25. The number of hydrogen-bond acceptors (Lipinski definition) is 7. The van der Waals surface area contributed by atoms with Crippen molar-refractivity contribution >= 4 is 51.7 Å². The molecule has 2 rings (SSSR count). The van der Waals surface area contributed by atoms with Crippen LogP contribution in [0.3, 0.4) is 0 Å². The van der Waals surface area contributed by atoms with Gasteiger partial charge in [0.2, 0.25) is 11.8 Å². The van der Waals surface area contributed by atoms with Gasteiger partial charge in [-0.3, -0.25) is 15.0 Å². The van der Waals surface area contributed by atoms with Crippen molar-refractivity contribution < 1.29 is 19.1 Å². The van der Waals surface area contributed by atoms with E-state index in [0.29, 0.717) is 10.6 Å². The first kappa shape index (κ1) is 15.5. The number of thiophene rings is 1. The van der Waals surface area contributed by atoms with Crippen LogP contribution in [0.1, 0.15) is 21.7 Å². The van der Waals surface area contributed by atoms with Crippen molar-refractivity contribution in [2.75, 3.05) is 12.4 Å². The average Bonchev–Trinajstić information content (AvgIpc) is 2.93. The number of aryl methyl sites for hydroxylation is 1. The number of carbonyl (C=O) groups is 3. The number of thioether (sulfide) groups is 1. The molecule has 1 atom stereocenters. The van der Waals surface area contributed by atoms with Gasteiger partial charge in [0.1, 0.15) is 10.1 Å². The molecule has 0 spiro atoms. The minimum atomic E-state index is -0.613. The average molecular weight is 327 g/mol. The van der Waals surface area contributed by atoms with Gasteiger partial charge >= 0.3 is 5.97 Å². The van der Waals surface area contributed by atoms with Gasteiger partial charge in [-0.2, -0.15) is 0 Å². The van der Waals surface area contributed by atoms with Crippen molar-refractivity contribution in [3.8, 4) is 0 Å². The number of nitrogens with one attached hydrogen (secondary N) is 3. The van der Waals surface area contributed by atoms with E-state index in [1.54, 1.807) is 12.3 Å². The van der Waals surface area contributed by atoms with Crippen molar-refractivity contribution in [1.82, 2.24) is 5.32 Å². The highest BCUT2D eigenvalue weighted by Gasteiger charge is 2.31. The highest BCUT2D eigenvalue weighted by Crippen LogP contribution is 2.29. The number of hydrogen-bond donors (Lipinski definition) is 3. The summed E-state index contributed by atoms with van der Waals surface area (Å²) < 4.78 is 4.66. The summed E-state index contributed by atoms with van der Waals surface area (Å²) in [6, 6.07) is 0. The normalized spacial score (nSPS) is 17.5. The maximum absolute atomic E-state index is 12.0. The minimum absolute atomic E-state index is 0.0414. The second kappa shape index (κ2) is 6.27. The maximum atomic E-state index is 12.0. The Kier molecular flexibility index (Phi) is 4.63. The van der Waals surface area contributed by atoms with E-state index in [1.165, 1.54) is 18.4 Å². The number of carbonyl (C=O) groups excluding carboxylic acids is 3. The molecule has 0 aromatic carbocycles. The van der Waals surface area contributed by atoms with Crippen LogP contribution in [0.15, 0.2) is 5.38 Å². The molecule has 2 amide bonds. The molecule has 0 saturated carbocycles. The van der Waals surface area contributed by atoms with E-state index in [0.717, 1.165) is 17.3 Å². The van der Waals surface area contributed by atoms with Crippen molar-refractivity contribution in [3.05, 3.63) is 15.8 Å². The molecule has 1 unspecified atom stereocenters. The smallest absolute Gasteiger partial charge is 0.350 e. The molecule has 0 radical (unpaired) electrons. The fourth-order valence-corrected chi connectivity index (χ4v) is 3.52. The Balaban J connectivity index is 2.06. The molecule has 1 aliphatic rings. The fraction of sp³-hybridized carbons (Fsp3) is 0.333. The van der Waals surface area contributed by atoms with Crippen LogP contribution in [0.25, 0.3) is 0 Å². The zero-order valence-corrected chi connectivity index (χ0v) is 12.9. The van der Waals surface area contributed by atoms with Gasteiger partial charge in [-0.25, -0.2) is 4.79 Å². The molecule has 0 aliphatic carbocycles. The molecular formula is C12H13N3O4S2. The van der Waals surface area contributed by atoms with Crippen LogP contribution in [0, 0.1) is 12.3 Å². The highest BCUT2D eigenvalue weighted by atomic mass is 32.2. The topological polar surface area (TPSA) is 108 Å². The molecule has 9 heteroatoms. The third kappa shape index (κ3) is 3.42. The van der Waals surface area contributed by atoms with Gasteiger partial charge in [0, 0.05) is 6.42 Å². The molecule has 21 heavy (non-hydrogen) atoms.